The maximum absolute atomic E-state index is 12.0. The first-order valence-corrected chi connectivity index (χ1v) is 9.76. The van der Waals surface area contributed by atoms with Crippen molar-refractivity contribution in [2.45, 2.75) is 6.92 Å². The molecule has 0 fully saturated rings. The van der Waals surface area contributed by atoms with Crippen molar-refractivity contribution in [1.82, 2.24) is 10.3 Å². The van der Waals surface area contributed by atoms with Crippen LogP contribution in [0.1, 0.15) is 11.1 Å². The number of urea groups is 1. The van der Waals surface area contributed by atoms with E-state index in [1.165, 1.54) is 10.3 Å². The van der Waals surface area contributed by atoms with Crippen LogP contribution in [0.5, 0.6) is 0 Å². The highest BCUT2D eigenvalue weighted by molar-refractivity contribution is 7.21. The number of nitrogens with zero attached hydrogens (tertiary/aromatic N) is 1. The molecule has 28 heavy (non-hydrogen) atoms. The van der Waals surface area contributed by atoms with Gasteiger partial charge in [0.2, 0.25) is 0 Å². The molecule has 0 aliphatic rings. The predicted molar refractivity (Wildman–Crippen MR) is 117 cm³/mol. The third-order valence-electron chi connectivity index (χ3n) is 4.22. The molecule has 1 aromatic heterocycles. The number of hydrogen-bond donors (Lipinski definition) is 2. The first kappa shape index (κ1) is 17.9. The fourth-order valence-corrected chi connectivity index (χ4v) is 3.87. The molecular formula is C23H19N3OS. The first-order chi connectivity index (χ1) is 13.7. The summed E-state index contributed by atoms with van der Waals surface area (Å²) < 4.78 is 1.18. The van der Waals surface area contributed by atoms with E-state index in [2.05, 4.69) is 29.7 Å². The standard InChI is InChI=1S/C23H19N3OS/c1-16-7-12-20-21(15-16)28-22(26-20)18-8-10-19(11-9-18)25-23(27)24-14-13-17-5-3-2-4-6-17/h2-15H,1H3,(H2,24,25,27)/b14-13+. The quantitative estimate of drug-likeness (QED) is 0.448. The highest BCUT2D eigenvalue weighted by Gasteiger charge is 2.07. The number of nitrogens with one attached hydrogen (secondary N) is 2. The average molecular weight is 385 g/mol. The third kappa shape index (κ3) is 4.27. The van der Waals surface area contributed by atoms with Gasteiger partial charge in [0.15, 0.2) is 0 Å². The molecule has 0 atom stereocenters. The van der Waals surface area contributed by atoms with Crippen LogP contribution in [-0.2, 0) is 0 Å². The second kappa shape index (κ2) is 8.06. The Bertz CT molecular complexity index is 1130. The van der Waals surface area contributed by atoms with Gasteiger partial charge >= 0.3 is 6.03 Å². The summed E-state index contributed by atoms with van der Waals surface area (Å²) in [4.78, 5) is 16.7. The van der Waals surface area contributed by atoms with E-state index in [1.54, 1.807) is 17.5 Å². The Hall–Kier alpha value is -3.44. The number of aromatic nitrogens is 1. The van der Waals surface area contributed by atoms with Crippen LogP contribution in [0.25, 0.3) is 26.9 Å². The van der Waals surface area contributed by atoms with Crippen molar-refractivity contribution in [3.8, 4) is 10.6 Å². The van der Waals surface area contributed by atoms with Gasteiger partial charge in [0, 0.05) is 17.5 Å². The van der Waals surface area contributed by atoms with Gasteiger partial charge < -0.3 is 10.6 Å². The molecule has 4 nitrogen and oxygen atoms in total. The monoisotopic (exact) mass is 385 g/mol. The van der Waals surface area contributed by atoms with Gasteiger partial charge in [-0.15, -0.1) is 11.3 Å². The van der Waals surface area contributed by atoms with Crippen molar-refractivity contribution in [3.05, 3.63) is 90.1 Å². The Kier molecular flexibility index (Phi) is 5.17. The number of amides is 2. The van der Waals surface area contributed by atoms with Gasteiger partial charge in [0.25, 0.3) is 0 Å². The SMILES string of the molecule is Cc1ccc2nc(-c3ccc(NC(=O)N/C=C/c4ccccc4)cc3)sc2c1. The molecule has 0 unspecified atom stereocenters. The molecule has 4 rings (SSSR count). The minimum Gasteiger partial charge on any atom is -0.314 e. The Morgan fingerprint density at radius 1 is 1.00 bits per heavy atom. The fraction of sp³-hybridized carbons (Fsp3) is 0.0435. The molecule has 4 aromatic rings. The van der Waals surface area contributed by atoms with E-state index in [4.69, 9.17) is 4.98 Å². The van der Waals surface area contributed by atoms with Crippen molar-refractivity contribution in [2.75, 3.05) is 5.32 Å². The molecular weight excluding hydrogens is 366 g/mol. The number of carbonyl (C=O) groups excluding carboxylic acids is 1. The van der Waals surface area contributed by atoms with Gasteiger partial charge in [0.1, 0.15) is 5.01 Å². The van der Waals surface area contributed by atoms with Crippen LogP contribution in [0.4, 0.5) is 10.5 Å². The van der Waals surface area contributed by atoms with Crippen LogP contribution in [-0.4, -0.2) is 11.0 Å². The Labute approximate surface area is 167 Å². The summed E-state index contributed by atoms with van der Waals surface area (Å²) >= 11 is 1.67. The summed E-state index contributed by atoms with van der Waals surface area (Å²) in [5.41, 5.74) is 5.03. The second-order valence-corrected chi connectivity index (χ2v) is 7.44. The van der Waals surface area contributed by atoms with Crippen molar-refractivity contribution in [2.24, 2.45) is 0 Å². The molecule has 3 aromatic carbocycles. The van der Waals surface area contributed by atoms with E-state index in [-0.39, 0.29) is 6.03 Å². The molecule has 0 aliphatic carbocycles. The zero-order valence-corrected chi connectivity index (χ0v) is 16.2. The second-order valence-electron chi connectivity index (χ2n) is 6.41. The summed E-state index contributed by atoms with van der Waals surface area (Å²) in [5.74, 6) is 0. The maximum atomic E-state index is 12.0. The van der Waals surface area contributed by atoms with E-state index < -0.39 is 0 Å². The highest BCUT2D eigenvalue weighted by Crippen LogP contribution is 2.31. The topological polar surface area (TPSA) is 54.0 Å². The normalized spacial score (nSPS) is 11.0. The molecule has 5 heteroatoms. The molecule has 0 bridgehead atoms. The third-order valence-corrected chi connectivity index (χ3v) is 5.29. The minimum atomic E-state index is -0.282. The lowest BCUT2D eigenvalue weighted by Gasteiger charge is -2.05. The molecule has 0 saturated carbocycles. The number of anilines is 1. The number of benzene rings is 3. The highest BCUT2D eigenvalue weighted by atomic mass is 32.1. The van der Waals surface area contributed by atoms with Crippen LogP contribution < -0.4 is 10.6 Å². The van der Waals surface area contributed by atoms with Gasteiger partial charge in [0.05, 0.1) is 10.2 Å². The number of hydrogen-bond acceptors (Lipinski definition) is 3. The number of fused-ring (bicyclic) bond motifs is 1. The minimum absolute atomic E-state index is 0.282. The van der Waals surface area contributed by atoms with Crippen LogP contribution in [0.15, 0.2) is 79.0 Å². The molecule has 0 spiro atoms. The van der Waals surface area contributed by atoms with Gasteiger partial charge in [-0.1, -0.05) is 36.4 Å². The van der Waals surface area contributed by atoms with Gasteiger partial charge in [-0.05, 0) is 60.5 Å². The van der Waals surface area contributed by atoms with E-state index in [0.29, 0.717) is 0 Å². The van der Waals surface area contributed by atoms with Crippen LogP contribution in [0, 0.1) is 6.92 Å². The number of carbonyl (C=O) groups is 1. The van der Waals surface area contributed by atoms with Gasteiger partial charge in [-0.3, -0.25) is 0 Å². The van der Waals surface area contributed by atoms with E-state index >= 15 is 0 Å². The van der Waals surface area contributed by atoms with Gasteiger partial charge in [-0.25, -0.2) is 9.78 Å². The number of rotatable bonds is 4. The summed E-state index contributed by atoms with van der Waals surface area (Å²) in [6, 6.07) is 23.5. The molecule has 2 N–H and O–H groups in total. The zero-order valence-electron chi connectivity index (χ0n) is 15.3. The van der Waals surface area contributed by atoms with Crippen molar-refractivity contribution >= 4 is 39.3 Å². The fourth-order valence-electron chi connectivity index (χ4n) is 2.80. The van der Waals surface area contributed by atoms with E-state index in [0.717, 1.165) is 27.3 Å². The molecule has 1 heterocycles. The summed E-state index contributed by atoms with van der Waals surface area (Å²) in [5, 5.41) is 6.51. The average Bonchev–Trinajstić information content (AvgIpc) is 3.12. The first-order valence-electron chi connectivity index (χ1n) is 8.94. The lowest BCUT2D eigenvalue weighted by atomic mass is 10.2. The van der Waals surface area contributed by atoms with Crippen molar-refractivity contribution in [1.29, 1.82) is 0 Å². The maximum Gasteiger partial charge on any atom is 0.323 e. The zero-order chi connectivity index (χ0) is 19.3. The lowest BCUT2D eigenvalue weighted by molar-refractivity contribution is 0.255. The number of thiazole rings is 1. The summed E-state index contributed by atoms with van der Waals surface area (Å²) in [6.45, 7) is 2.08. The van der Waals surface area contributed by atoms with Crippen LogP contribution >= 0.6 is 11.3 Å². The Balaban J connectivity index is 1.39. The molecule has 0 radical (unpaired) electrons. The summed E-state index contributed by atoms with van der Waals surface area (Å²) in [7, 11) is 0. The van der Waals surface area contributed by atoms with Crippen molar-refractivity contribution < 1.29 is 4.79 Å². The Morgan fingerprint density at radius 2 is 1.79 bits per heavy atom. The summed E-state index contributed by atoms with van der Waals surface area (Å²) in [6.07, 6.45) is 3.47. The largest absolute Gasteiger partial charge is 0.323 e. The van der Waals surface area contributed by atoms with Crippen LogP contribution in [0.3, 0.4) is 0 Å². The molecule has 0 aliphatic heterocycles. The Morgan fingerprint density at radius 3 is 2.57 bits per heavy atom. The molecule has 2 amide bonds. The molecule has 0 saturated heterocycles. The smallest absolute Gasteiger partial charge is 0.314 e. The molecule has 138 valence electrons. The van der Waals surface area contributed by atoms with E-state index in [9.17, 15) is 4.79 Å². The van der Waals surface area contributed by atoms with E-state index in [1.807, 2.05) is 66.7 Å². The number of aryl methyl sites for hydroxylation is 1. The van der Waals surface area contributed by atoms with Crippen molar-refractivity contribution in [3.63, 3.8) is 0 Å². The van der Waals surface area contributed by atoms with Gasteiger partial charge in [-0.2, -0.15) is 0 Å². The lowest BCUT2D eigenvalue weighted by Crippen LogP contribution is -2.23. The predicted octanol–water partition coefficient (Wildman–Crippen LogP) is 6.06. The van der Waals surface area contributed by atoms with Crippen LogP contribution in [0.2, 0.25) is 0 Å².